The van der Waals surface area contributed by atoms with Gasteiger partial charge < -0.3 is 0 Å². The number of amides is 1. The van der Waals surface area contributed by atoms with Crippen molar-refractivity contribution in [2.45, 2.75) is 0 Å². The number of rotatable bonds is 1. The first-order valence-corrected chi connectivity index (χ1v) is 4.55. The number of benzene rings is 1. The van der Waals surface area contributed by atoms with Crippen molar-refractivity contribution in [1.29, 1.82) is 0 Å². The molecule has 2 aliphatic heterocycles. The lowest BCUT2D eigenvalue weighted by atomic mass is 10.1. The van der Waals surface area contributed by atoms with Crippen LogP contribution in [0.1, 0.15) is 0 Å². The highest BCUT2D eigenvalue weighted by atomic mass is 16.2. The fraction of sp³-hybridized carbons (Fsp3) is 0.100. The number of nitrogens with zero attached hydrogens (tertiary/aromatic N) is 2. The van der Waals surface area contributed by atoms with Crippen LogP contribution in [-0.2, 0) is 9.59 Å². The van der Waals surface area contributed by atoms with E-state index in [0.29, 0.717) is 22.9 Å². The van der Waals surface area contributed by atoms with E-state index in [4.69, 9.17) is 0 Å². The molecule has 74 valence electrons. The third-order valence-corrected chi connectivity index (χ3v) is 2.38. The van der Waals surface area contributed by atoms with Gasteiger partial charge in [-0.2, -0.15) is 0 Å². The summed E-state index contributed by atoms with van der Waals surface area (Å²) in [5, 5.41) is 2.92. The van der Waals surface area contributed by atoms with Gasteiger partial charge in [0.25, 0.3) is 5.78 Å². The minimum atomic E-state index is -0.697. The molecular weight excluding hydrogens is 194 g/mol. The third kappa shape index (κ3) is 1.17. The van der Waals surface area contributed by atoms with Crippen molar-refractivity contribution in [1.82, 2.24) is 10.4 Å². The molecule has 0 unspecified atom stereocenters. The van der Waals surface area contributed by atoms with Crippen molar-refractivity contribution in [3.05, 3.63) is 34.8 Å². The number of hydrogen-bond donors (Lipinski definition) is 1. The summed E-state index contributed by atoms with van der Waals surface area (Å²) in [5.41, 5.74) is 3.29. The Morgan fingerprint density at radius 2 is 2.00 bits per heavy atom. The molecule has 0 saturated carbocycles. The summed E-state index contributed by atoms with van der Waals surface area (Å²) in [6.07, 6.45) is 0. The molecule has 0 atom stereocenters. The smallest absolute Gasteiger partial charge is 0.286 e. The van der Waals surface area contributed by atoms with Crippen LogP contribution in [0.4, 0.5) is 0 Å². The number of hydrazine groups is 1. The van der Waals surface area contributed by atoms with Gasteiger partial charge in [0.2, 0.25) is 0 Å². The van der Waals surface area contributed by atoms with E-state index in [1.807, 2.05) is 6.07 Å². The zero-order valence-corrected chi connectivity index (χ0v) is 7.73. The maximum atomic E-state index is 11.6. The van der Waals surface area contributed by atoms with Crippen LogP contribution in [-0.4, -0.2) is 23.4 Å². The standard InChI is InChI=1S/C10H7N3O2/c14-9-8(13-5-11-13)6-3-1-2-4-7(6)12-10(9)15/h1-4,11H,5H2. The van der Waals surface area contributed by atoms with Crippen LogP contribution in [0.2, 0.25) is 0 Å². The lowest BCUT2D eigenvalue weighted by Crippen LogP contribution is -2.40. The molecule has 0 aromatic heterocycles. The predicted octanol–water partition coefficient (Wildman–Crippen LogP) is -1.70. The summed E-state index contributed by atoms with van der Waals surface area (Å²) in [6, 6.07) is 7.13. The summed E-state index contributed by atoms with van der Waals surface area (Å²) >= 11 is 0. The van der Waals surface area contributed by atoms with Crippen molar-refractivity contribution >= 4 is 17.4 Å². The average Bonchev–Trinajstić information content (AvgIpc) is 3.04. The first kappa shape index (κ1) is 8.31. The maximum Gasteiger partial charge on any atom is 0.320 e. The van der Waals surface area contributed by atoms with E-state index in [9.17, 15) is 9.59 Å². The molecule has 3 rings (SSSR count). The molecule has 0 bridgehead atoms. The van der Waals surface area contributed by atoms with E-state index in [1.165, 1.54) is 0 Å². The van der Waals surface area contributed by atoms with Crippen LogP contribution in [0.3, 0.4) is 0 Å². The second kappa shape index (κ2) is 2.74. The van der Waals surface area contributed by atoms with Gasteiger partial charge in [-0.25, -0.2) is 10.4 Å². The van der Waals surface area contributed by atoms with Crippen LogP contribution in [0.25, 0.3) is 5.70 Å². The summed E-state index contributed by atoms with van der Waals surface area (Å²) in [7, 11) is 0. The quantitative estimate of drug-likeness (QED) is 0.434. The van der Waals surface area contributed by atoms with Crippen molar-refractivity contribution < 1.29 is 9.59 Å². The Bertz CT molecular complexity index is 587. The van der Waals surface area contributed by atoms with Gasteiger partial charge in [-0.15, -0.1) is 0 Å². The topological polar surface area (TPSA) is 71.4 Å². The van der Waals surface area contributed by atoms with Crippen molar-refractivity contribution in [3.8, 4) is 0 Å². The SMILES string of the molecule is O=C1N=c2ccccc2=C(N2CN2)C1=O. The fourth-order valence-corrected chi connectivity index (χ4v) is 1.62. The summed E-state index contributed by atoms with van der Waals surface area (Å²) in [5.74, 6) is -1.24. The molecule has 1 fully saturated rings. The zero-order valence-electron chi connectivity index (χ0n) is 7.73. The molecule has 1 saturated heterocycles. The Morgan fingerprint density at radius 3 is 2.73 bits per heavy atom. The molecule has 1 aromatic carbocycles. The Labute approximate surface area is 84.7 Å². The Balaban J connectivity index is 2.42. The lowest BCUT2D eigenvalue weighted by molar-refractivity contribution is -0.133. The van der Waals surface area contributed by atoms with Crippen molar-refractivity contribution in [3.63, 3.8) is 0 Å². The van der Waals surface area contributed by atoms with E-state index >= 15 is 0 Å². The maximum absolute atomic E-state index is 11.6. The highest BCUT2D eigenvalue weighted by Crippen LogP contribution is 2.11. The molecule has 2 aliphatic rings. The monoisotopic (exact) mass is 201 g/mol. The van der Waals surface area contributed by atoms with Crippen LogP contribution < -0.4 is 16.0 Å². The Morgan fingerprint density at radius 1 is 1.27 bits per heavy atom. The number of carbonyl (C=O) groups is 2. The van der Waals surface area contributed by atoms with Gasteiger partial charge in [0.05, 0.1) is 5.36 Å². The number of nitrogens with one attached hydrogen (secondary N) is 1. The van der Waals surface area contributed by atoms with Gasteiger partial charge in [-0.3, -0.25) is 14.6 Å². The molecule has 15 heavy (non-hydrogen) atoms. The van der Waals surface area contributed by atoms with E-state index < -0.39 is 11.7 Å². The van der Waals surface area contributed by atoms with Crippen LogP contribution in [0, 0.1) is 0 Å². The number of fused-ring (bicyclic) bond motifs is 1. The molecule has 5 heteroatoms. The first-order chi connectivity index (χ1) is 7.27. The highest BCUT2D eigenvalue weighted by molar-refractivity contribution is 6.51. The molecule has 2 heterocycles. The summed E-state index contributed by atoms with van der Waals surface area (Å²) < 4.78 is 0. The molecular formula is C10H7N3O2. The number of carbonyl (C=O) groups excluding carboxylic acids is 2. The lowest BCUT2D eigenvalue weighted by Gasteiger charge is -2.07. The summed E-state index contributed by atoms with van der Waals surface area (Å²) in [6.45, 7) is 0.600. The molecule has 1 aromatic rings. The minimum absolute atomic E-state index is 0.408. The van der Waals surface area contributed by atoms with Crippen LogP contribution in [0.15, 0.2) is 29.3 Å². The van der Waals surface area contributed by atoms with Gasteiger partial charge >= 0.3 is 5.91 Å². The fourth-order valence-electron chi connectivity index (χ4n) is 1.62. The Hall–Kier alpha value is -2.01. The number of ketones is 1. The number of para-hydroxylation sites is 1. The number of hydrogen-bond acceptors (Lipinski definition) is 4. The van der Waals surface area contributed by atoms with E-state index in [1.54, 1.807) is 23.2 Å². The molecule has 0 radical (unpaired) electrons. The highest BCUT2D eigenvalue weighted by Gasteiger charge is 2.32. The normalized spacial score (nSPS) is 18.7. The van der Waals surface area contributed by atoms with Crippen LogP contribution >= 0.6 is 0 Å². The first-order valence-electron chi connectivity index (χ1n) is 4.55. The summed E-state index contributed by atoms with van der Waals surface area (Å²) in [4.78, 5) is 26.6. The van der Waals surface area contributed by atoms with E-state index in [-0.39, 0.29) is 0 Å². The second-order valence-electron chi connectivity index (χ2n) is 3.36. The van der Waals surface area contributed by atoms with Crippen molar-refractivity contribution in [2.24, 2.45) is 4.99 Å². The minimum Gasteiger partial charge on any atom is -0.286 e. The van der Waals surface area contributed by atoms with Gasteiger partial charge in [-0.05, 0) is 6.07 Å². The predicted molar refractivity (Wildman–Crippen MR) is 50.5 cm³/mol. The molecule has 0 aliphatic carbocycles. The van der Waals surface area contributed by atoms with Crippen LogP contribution in [0.5, 0.6) is 0 Å². The van der Waals surface area contributed by atoms with Crippen molar-refractivity contribution in [2.75, 3.05) is 6.67 Å². The molecule has 1 amide bonds. The van der Waals surface area contributed by atoms with E-state index in [2.05, 4.69) is 10.4 Å². The second-order valence-corrected chi connectivity index (χ2v) is 3.36. The molecule has 5 nitrogen and oxygen atoms in total. The van der Waals surface area contributed by atoms with Gasteiger partial charge in [0, 0.05) is 5.22 Å². The third-order valence-electron chi connectivity index (χ3n) is 2.38. The van der Waals surface area contributed by atoms with Gasteiger partial charge in [-0.1, -0.05) is 18.2 Å². The largest absolute Gasteiger partial charge is 0.320 e. The zero-order chi connectivity index (χ0) is 10.4. The molecule has 1 N–H and O–H groups in total. The number of Topliss-reactive ketones (excluding diaryl/α,β-unsaturated/α-hetero) is 1. The van der Waals surface area contributed by atoms with Gasteiger partial charge in [0.1, 0.15) is 12.4 Å². The van der Waals surface area contributed by atoms with Gasteiger partial charge in [0.15, 0.2) is 0 Å². The molecule has 0 spiro atoms. The Kier molecular flexibility index (Phi) is 1.52. The van der Waals surface area contributed by atoms with E-state index in [0.717, 1.165) is 0 Å². The average molecular weight is 201 g/mol.